The van der Waals surface area contributed by atoms with Crippen molar-refractivity contribution in [2.75, 3.05) is 31.5 Å². The second kappa shape index (κ2) is 10.4. The van der Waals surface area contributed by atoms with Crippen LogP contribution in [-0.4, -0.2) is 42.1 Å². The average Bonchev–Trinajstić information content (AvgIpc) is 2.56. The van der Waals surface area contributed by atoms with Crippen molar-refractivity contribution in [3.05, 3.63) is 35.6 Å². The van der Waals surface area contributed by atoms with E-state index in [1.807, 2.05) is 26.0 Å². The summed E-state index contributed by atoms with van der Waals surface area (Å²) in [4.78, 5) is 0. The van der Waals surface area contributed by atoms with E-state index in [0.29, 0.717) is 12.1 Å². The first-order valence-corrected chi connectivity index (χ1v) is 13.6. The lowest BCUT2D eigenvalue weighted by Crippen LogP contribution is -2.52. The van der Waals surface area contributed by atoms with Crippen LogP contribution in [0, 0.1) is 11.7 Å². The van der Waals surface area contributed by atoms with Gasteiger partial charge in [0.1, 0.15) is 12.4 Å². The Hall–Kier alpha value is -0.350. The molecule has 1 fully saturated rings. The van der Waals surface area contributed by atoms with Crippen LogP contribution >= 0.6 is 18.0 Å². The smallest absolute Gasteiger partial charge is 0.258 e. The molecular formula is C21H36FNO2PS+. The Balaban J connectivity index is 2.05. The largest absolute Gasteiger partial charge is 0.319 e. The quantitative estimate of drug-likeness (QED) is 0.329. The average molecular weight is 417 g/mol. The Kier molecular flexibility index (Phi) is 8.86. The Morgan fingerprint density at radius 2 is 1.81 bits per heavy atom. The molecule has 0 bridgehead atoms. The highest BCUT2D eigenvalue weighted by atomic mass is 32.7. The minimum Gasteiger partial charge on any atom is -0.319 e. The summed E-state index contributed by atoms with van der Waals surface area (Å²) in [6.07, 6.45) is 4.21. The van der Waals surface area contributed by atoms with Gasteiger partial charge in [-0.05, 0) is 45.1 Å². The molecule has 1 aromatic rings. The van der Waals surface area contributed by atoms with Crippen LogP contribution in [0.3, 0.4) is 0 Å². The van der Waals surface area contributed by atoms with E-state index in [9.17, 15) is 8.96 Å². The number of hydrogen-bond donors (Lipinski definition) is 0. The summed E-state index contributed by atoms with van der Waals surface area (Å²) in [5.41, 5.74) is 0.799. The number of piperidine rings is 1. The molecule has 3 nitrogen and oxygen atoms in total. The Labute approximate surface area is 168 Å². The first-order chi connectivity index (χ1) is 12.7. The Morgan fingerprint density at radius 1 is 1.15 bits per heavy atom. The van der Waals surface area contributed by atoms with Crippen molar-refractivity contribution >= 4 is 18.0 Å². The van der Waals surface area contributed by atoms with Crippen molar-refractivity contribution in [1.82, 2.24) is 0 Å². The van der Waals surface area contributed by atoms with Crippen LogP contribution in [0.1, 0.15) is 52.5 Å². The second-order valence-electron chi connectivity index (χ2n) is 8.50. The van der Waals surface area contributed by atoms with Crippen molar-refractivity contribution in [2.45, 2.75) is 59.6 Å². The van der Waals surface area contributed by atoms with Crippen LogP contribution in [-0.2, 0) is 15.6 Å². The summed E-state index contributed by atoms with van der Waals surface area (Å²) in [6, 6.07) is 7.13. The molecule has 1 atom stereocenters. The van der Waals surface area contributed by atoms with Crippen LogP contribution in [0.4, 0.5) is 4.39 Å². The predicted molar refractivity (Wildman–Crippen MR) is 115 cm³/mol. The molecule has 1 aromatic carbocycles. The standard InChI is InChI=1S/C21H36FNO2PS/c1-18(2)17-26(24,25-19(3)4)27-15-14-23(12-8-5-9-13-23)16-20-10-6-7-11-21(20)22/h6-7,10-11,18-19H,5,8-9,12-17H2,1-4H3/q+1. The van der Waals surface area contributed by atoms with Crippen molar-refractivity contribution in [3.63, 3.8) is 0 Å². The molecule has 1 aliphatic heterocycles. The van der Waals surface area contributed by atoms with Crippen molar-refractivity contribution in [2.24, 2.45) is 5.92 Å². The lowest BCUT2D eigenvalue weighted by molar-refractivity contribution is -0.943. The Bertz CT molecular complexity index is 618. The maximum atomic E-state index is 14.2. The maximum Gasteiger partial charge on any atom is 0.258 e. The highest BCUT2D eigenvalue weighted by Gasteiger charge is 2.33. The number of nitrogens with zero attached hydrogens (tertiary/aromatic N) is 1. The number of likely N-dealkylation sites (tertiary alicyclic amines) is 1. The zero-order valence-electron chi connectivity index (χ0n) is 17.3. The number of halogens is 1. The van der Waals surface area contributed by atoms with Crippen molar-refractivity contribution < 1.29 is 18.0 Å². The molecular weight excluding hydrogens is 380 g/mol. The molecule has 2 rings (SSSR count). The lowest BCUT2D eigenvalue weighted by Gasteiger charge is -2.42. The van der Waals surface area contributed by atoms with Crippen molar-refractivity contribution in [3.8, 4) is 0 Å². The fourth-order valence-electron chi connectivity index (χ4n) is 3.90. The van der Waals surface area contributed by atoms with Gasteiger partial charge in [-0.1, -0.05) is 43.4 Å². The molecule has 0 aromatic heterocycles. The van der Waals surface area contributed by atoms with Gasteiger partial charge in [0.05, 0.1) is 31.5 Å². The highest BCUT2D eigenvalue weighted by Crippen LogP contribution is 2.61. The van der Waals surface area contributed by atoms with Gasteiger partial charge in [0.15, 0.2) is 0 Å². The fourth-order valence-corrected chi connectivity index (χ4v) is 9.43. The molecule has 27 heavy (non-hydrogen) atoms. The predicted octanol–water partition coefficient (Wildman–Crippen LogP) is 6.33. The number of rotatable bonds is 10. The van der Waals surface area contributed by atoms with Gasteiger partial charge < -0.3 is 9.01 Å². The third-order valence-electron chi connectivity index (χ3n) is 5.04. The van der Waals surface area contributed by atoms with Gasteiger partial charge in [-0.3, -0.25) is 4.57 Å². The molecule has 154 valence electrons. The topological polar surface area (TPSA) is 26.3 Å². The zero-order chi connectivity index (χ0) is 19.9. The third-order valence-corrected chi connectivity index (χ3v) is 10.2. The summed E-state index contributed by atoms with van der Waals surface area (Å²) in [5.74, 6) is 1.03. The molecule has 0 aliphatic carbocycles. The molecule has 0 radical (unpaired) electrons. The van der Waals surface area contributed by atoms with Crippen LogP contribution in [0.5, 0.6) is 0 Å². The molecule has 0 spiro atoms. The van der Waals surface area contributed by atoms with Crippen LogP contribution < -0.4 is 0 Å². The minimum atomic E-state index is -2.69. The first kappa shape index (κ1) is 22.9. The normalized spacial score (nSPS) is 19.4. The van der Waals surface area contributed by atoms with E-state index in [0.717, 1.165) is 42.0 Å². The molecule has 0 amide bonds. The van der Waals surface area contributed by atoms with E-state index in [1.165, 1.54) is 30.6 Å². The van der Waals surface area contributed by atoms with E-state index < -0.39 is 6.57 Å². The van der Waals surface area contributed by atoms with Gasteiger partial charge in [-0.15, -0.1) is 0 Å². The molecule has 1 unspecified atom stereocenters. The maximum absolute atomic E-state index is 14.2. The first-order valence-electron chi connectivity index (χ1n) is 10.2. The molecule has 1 saturated heterocycles. The molecule has 0 N–H and O–H groups in total. The fraction of sp³-hybridized carbons (Fsp3) is 0.714. The van der Waals surface area contributed by atoms with E-state index in [4.69, 9.17) is 4.52 Å². The van der Waals surface area contributed by atoms with Crippen LogP contribution in [0.15, 0.2) is 24.3 Å². The number of quaternary nitrogens is 1. The SMILES string of the molecule is CC(C)CP(=O)(OC(C)C)SCC[N+]1(Cc2ccccc2F)CCCCC1. The van der Waals surface area contributed by atoms with Crippen LogP contribution in [0.25, 0.3) is 0 Å². The number of benzene rings is 1. The van der Waals surface area contributed by atoms with Gasteiger partial charge in [0.2, 0.25) is 0 Å². The van der Waals surface area contributed by atoms with Crippen molar-refractivity contribution in [1.29, 1.82) is 0 Å². The van der Waals surface area contributed by atoms with Gasteiger partial charge in [-0.2, -0.15) is 0 Å². The van der Waals surface area contributed by atoms with E-state index >= 15 is 0 Å². The summed E-state index contributed by atoms with van der Waals surface area (Å²) in [7, 11) is 0. The summed E-state index contributed by atoms with van der Waals surface area (Å²) in [6.45, 7) is 9.19. The second-order valence-corrected chi connectivity index (χ2v) is 13.4. The molecule has 6 heteroatoms. The highest BCUT2D eigenvalue weighted by molar-refractivity contribution is 8.56. The molecule has 1 aliphatic rings. The number of hydrogen-bond acceptors (Lipinski definition) is 3. The monoisotopic (exact) mass is 416 g/mol. The van der Waals surface area contributed by atoms with E-state index in [2.05, 4.69) is 13.8 Å². The lowest BCUT2D eigenvalue weighted by atomic mass is 10.1. The zero-order valence-corrected chi connectivity index (χ0v) is 19.0. The van der Waals surface area contributed by atoms with Gasteiger partial charge >= 0.3 is 0 Å². The summed E-state index contributed by atoms with van der Waals surface area (Å²) >= 11 is 1.51. The van der Waals surface area contributed by atoms with Gasteiger partial charge in [-0.25, -0.2) is 4.39 Å². The van der Waals surface area contributed by atoms with E-state index in [-0.39, 0.29) is 11.9 Å². The molecule has 1 heterocycles. The van der Waals surface area contributed by atoms with Crippen LogP contribution in [0.2, 0.25) is 0 Å². The summed E-state index contributed by atoms with van der Waals surface area (Å²) in [5, 5.41) is 0. The molecule has 0 saturated carbocycles. The van der Waals surface area contributed by atoms with Gasteiger partial charge in [0.25, 0.3) is 6.57 Å². The van der Waals surface area contributed by atoms with Gasteiger partial charge in [0, 0.05) is 11.7 Å². The summed E-state index contributed by atoms with van der Waals surface area (Å²) < 4.78 is 34.3. The minimum absolute atomic E-state index is 0.0290. The third kappa shape index (κ3) is 7.53. The van der Waals surface area contributed by atoms with E-state index in [1.54, 1.807) is 12.1 Å². The Morgan fingerprint density at radius 3 is 2.41 bits per heavy atom.